The third-order valence-corrected chi connectivity index (χ3v) is 3.78. The van der Waals surface area contributed by atoms with Crippen LogP contribution in [0.1, 0.15) is 46.0 Å². The molecule has 0 amide bonds. The van der Waals surface area contributed by atoms with Gasteiger partial charge in [0.05, 0.1) is 6.61 Å². The van der Waals surface area contributed by atoms with Crippen LogP contribution in [0.5, 0.6) is 0 Å². The van der Waals surface area contributed by atoms with Crippen molar-refractivity contribution in [3.63, 3.8) is 0 Å². The number of ether oxygens (including phenoxy) is 1. The molecule has 96 valence electrons. The fraction of sp³-hybridized carbons (Fsp3) is 1.00. The van der Waals surface area contributed by atoms with Gasteiger partial charge in [-0.3, -0.25) is 0 Å². The van der Waals surface area contributed by atoms with Crippen molar-refractivity contribution < 1.29 is 9.84 Å². The van der Waals surface area contributed by atoms with Crippen molar-refractivity contribution in [2.24, 2.45) is 5.41 Å². The Morgan fingerprint density at radius 3 is 2.50 bits per heavy atom. The molecule has 0 aromatic rings. The van der Waals surface area contributed by atoms with E-state index in [2.05, 4.69) is 19.2 Å². The first-order valence-electron chi connectivity index (χ1n) is 6.68. The van der Waals surface area contributed by atoms with E-state index in [0.717, 1.165) is 32.6 Å². The zero-order chi connectivity index (χ0) is 11.9. The first kappa shape index (κ1) is 13.9. The lowest BCUT2D eigenvalue weighted by atomic mass is 9.80. The average molecular weight is 229 g/mol. The molecule has 1 unspecified atom stereocenters. The van der Waals surface area contributed by atoms with E-state index in [1.165, 1.54) is 19.3 Å². The molecule has 0 bridgehead atoms. The summed E-state index contributed by atoms with van der Waals surface area (Å²) < 4.78 is 5.37. The Balaban J connectivity index is 2.36. The van der Waals surface area contributed by atoms with E-state index in [1.807, 2.05) is 0 Å². The Labute approximate surface area is 99.6 Å². The van der Waals surface area contributed by atoms with Gasteiger partial charge in [-0.15, -0.1) is 0 Å². The Kier molecular flexibility index (Phi) is 6.32. The summed E-state index contributed by atoms with van der Waals surface area (Å²) in [6, 6.07) is 0.608. The normalized spacial score (nSPS) is 21.9. The molecule has 1 saturated heterocycles. The van der Waals surface area contributed by atoms with Crippen molar-refractivity contribution in [1.82, 2.24) is 5.32 Å². The molecule has 0 aromatic carbocycles. The Morgan fingerprint density at radius 2 is 2.00 bits per heavy atom. The molecule has 0 radical (unpaired) electrons. The van der Waals surface area contributed by atoms with Crippen LogP contribution >= 0.6 is 0 Å². The molecule has 1 fully saturated rings. The SMILES string of the molecule is CCCC(CC)NCC1(CO)CCOCC1. The summed E-state index contributed by atoms with van der Waals surface area (Å²) in [5.41, 5.74) is 0.0689. The molecule has 1 atom stereocenters. The molecule has 0 spiro atoms. The summed E-state index contributed by atoms with van der Waals surface area (Å²) in [7, 11) is 0. The van der Waals surface area contributed by atoms with Crippen LogP contribution in [0.3, 0.4) is 0 Å². The van der Waals surface area contributed by atoms with Crippen molar-refractivity contribution in [2.75, 3.05) is 26.4 Å². The summed E-state index contributed by atoms with van der Waals surface area (Å²) in [5.74, 6) is 0. The van der Waals surface area contributed by atoms with Gasteiger partial charge in [-0.25, -0.2) is 0 Å². The summed E-state index contributed by atoms with van der Waals surface area (Å²) in [4.78, 5) is 0. The highest BCUT2D eigenvalue weighted by Gasteiger charge is 2.32. The largest absolute Gasteiger partial charge is 0.396 e. The van der Waals surface area contributed by atoms with Gasteiger partial charge in [0.1, 0.15) is 0 Å². The Morgan fingerprint density at radius 1 is 1.31 bits per heavy atom. The van der Waals surface area contributed by atoms with Crippen LogP contribution in [0.15, 0.2) is 0 Å². The van der Waals surface area contributed by atoms with E-state index in [0.29, 0.717) is 6.04 Å². The third kappa shape index (κ3) is 4.04. The van der Waals surface area contributed by atoms with Gasteiger partial charge < -0.3 is 15.2 Å². The molecule has 16 heavy (non-hydrogen) atoms. The number of hydrogen-bond donors (Lipinski definition) is 2. The highest BCUT2D eigenvalue weighted by atomic mass is 16.5. The van der Waals surface area contributed by atoms with Crippen molar-refractivity contribution in [3.05, 3.63) is 0 Å². The number of rotatable bonds is 7. The molecule has 1 aliphatic heterocycles. The molecule has 2 N–H and O–H groups in total. The summed E-state index contributed by atoms with van der Waals surface area (Å²) in [6.45, 7) is 7.26. The maximum atomic E-state index is 9.56. The highest BCUT2D eigenvalue weighted by molar-refractivity contribution is 4.84. The molecule has 1 aliphatic rings. The molecule has 3 heteroatoms. The maximum absolute atomic E-state index is 9.56. The van der Waals surface area contributed by atoms with Crippen molar-refractivity contribution in [1.29, 1.82) is 0 Å². The van der Waals surface area contributed by atoms with E-state index in [4.69, 9.17) is 4.74 Å². The molecule has 0 aromatic heterocycles. The molecule has 0 saturated carbocycles. The molecule has 1 heterocycles. The zero-order valence-corrected chi connectivity index (χ0v) is 10.8. The van der Waals surface area contributed by atoms with E-state index >= 15 is 0 Å². The third-order valence-electron chi connectivity index (χ3n) is 3.78. The molecule has 3 nitrogen and oxygen atoms in total. The molecular formula is C13H27NO2. The minimum absolute atomic E-state index is 0.0689. The first-order chi connectivity index (χ1) is 7.76. The second-order valence-corrected chi connectivity index (χ2v) is 5.05. The lowest BCUT2D eigenvalue weighted by Gasteiger charge is -2.37. The zero-order valence-electron chi connectivity index (χ0n) is 10.8. The van der Waals surface area contributed by atoms with Gasteiger partial charge in [0.2, 0.25) is 0 Å². The summed E-state index contributed by atoms with van der Waals surface area (Å²) >= 11 is 0. The van der Waals surface area contributed by atoms with Crippen LogP contribution < -0.4 is 5.32 Å². The maximum Gasteiger partial charge on any atom is 0.0501 e. The fourth-order valence-corrected chi connectivity index (χ4v) is 2.36. The van der Waals surface area contributed by atoms with Gasteiger partial charge in [-0.1, -0.05) is 20.3 Å². The van der Waals surface area contributed by atoms with Gasteiger partial charge >= 0.3 is 0 Å². The predicted molar refractivity (Wildman–Crippen MR) is 66.6 cm³/mol. The van der Waals surface area contributed by atoms with E-state index in [-0.39, 0.29) is 12.0 Å². The lowest BCUT2D eigenvalue weighted by molar-refractivity contribution is -0.0167. The van der Waals surface area contributed by atoms with Gasteiger partial charge in [0.15, 0.2) is 0 Å². The summed E-state index contributed by atoms with van der Waals surface area (Å²) in [6.07, 6.45) is 5.60. The lowest BCUT2D eigenvalue weighted by Crippen LogP contribution is -2.45. The first-order valence-corrected chi connectivity index (χ1v) is 6.68. The van der Waals surface area contributed by atoms with E-state index in [1.54, 1.807) is 0 Å². The smallest absolute Gasteiger partial charge is 0.0501 e. The van der Waals surface area contributed by atoms with Crippen LogP contribution in [0, 0.1) is 5.41 Å². The standard InChI is InChI=1S/C13H27NO2/c1-3-5-12(4-2)14-10-13(11-15)6-8-16-9-7-13/h12,14-15H,3-11H2,1-2H3. The number of hydrogen-bond acceptors (Lipinski definition) is 3. The van der Waals surface area contributed by atoms with Crippen molar-refractivity contribution >= 4 is 0 Å². The minimum atomic E-state index is 0.0689. The van der Waals surface area contributed by atoms with Crippen LogP contribution in [0.25, 0.3) is 0 Å². The Bertz CT molecular complexity index is 179. The number of aliphatic hydroxyl groups excluding tert-OH is 1. The van der Waals surface area contributed by atoms with Crippen LogP contribution in [0.2, 0.25) is 0 Å². The minimum Gasteiger partial charge on any atom is -0.396 e. The molecule has 0 aliphatic carbocycles. The van der Waals surface area contributed by atoms with E-state index in [9.17, 15) is 5.11 Å². The predicted octanol–water partition coefficient (Wildman–Crippen LogP) is 1.94. The number of nitrogens with one attached hydrogen (secondary N) is 1. The van der Waals surface area contributed by atoms with Crippen LogP contribution in [0.4, 0.5) is 0 Å². The second-order valence-electron chi connectivity index (χ2n) is 5.05. The second kappa shape index (κ2) is 7.25. The Hall–Kier alpha value is -0.120. The highest BCUT2D eigenvalue weighted by Crippen LogP contribution is 2.29. The van der Waals surface area contributed by atoms with Crippen LogP contribution in [-0.4, -0.2) is 37.5 Å². The quantitative estimate of drug-likeness (QED) is 0.701. The van der Waals surface area contributed by atoms with Crippen LogP contribution in [-0.2, 0) is 4.74 Å². The van der Waals surface area contributed by atoms with Crippen molar-refractivity contribution in [2.45, 2.75) is 52.0 Å². The average Bonchev–Trinajstić information content (AvgIpc) is 2.35. The van der Waals surface area contributed by atoms with Gasteiger partial charge in [0.25, 0.3) is 0 Å². The summed E-state index contributed by atoms with van der Waals surface area (Å²) in [5, 5.41) is 13.2. The van der Waals surface area contributed by atoms with Gasteiger partial charge in [-0.2, -0.15) is 0 Å². The number of aliphatic hydroxyl groups is 1. The topological polar surface area (TPSA) is 41.5 Å². The van der Waals surface area contributed by atoms with Crippen molar-refractivity contribution in [3.8, 4) is 0 Å². The monoisotopic (exact) mass is 229 g/mol. The van der Waals surface area contributed by atoms with E-state index < -0.39 is 0 Å². The molecular weight excluding hydrogens is 202 g/mol. The fourth-order valence-electron chi connectivity index (χ4n) is 2.36. The molecule has 1 rings (SSSR count). The van der Waals surface area contributed by atoms with Gasteiger partial charge in [0, 0.05) is 31.2 Å². The van der Waals surface area contributed by atoms with Gasteiger partial charge in [-0.05, 0) is 25.7 Å².